The Morgan fingerprint density at radius 1 is 1.36 bits per heavy atom. The molecule has 1 amide bonds. The van der Waals surface area contributed by atoms with Gasteiger partial charge in [-0.05, 0) is 32.0 Å². The van der Waals surface area contributed by atoms with Crippen molar-refractivity contribution in [3.8, 4) is 0 Å². The van der Waals surface area contributed by atoms with Crippen LogP contribution >= 0.6 is 12.4 Å². The van der Waals surface area contributed by atoms with Gasteiger partial charge in [-0.1, -0.05) is 6.07 Å². The lowest BCUT2D eigenvalue weighted by molar-refractivity contribution is -0.136. The number of carbonyl (C=O) groups is 1. The molecular weight excluding hydrogens is 314 g/mol. The number of halogens is 3. The summed E-state index contributed by atoms with van der Waals surface area (Å²) in [5.41, 5.74) is -0.303. The molecule has 0 bridgehead atoms. The summed E-state index contributed by atoms with van der Waals surface area (Å²) in [4.78, 5) is 12.4. The van der Waals surface area contributed by atoms with Gasteiger partial charge in [-0.3, -0.25) is 4.79 Å². The van der Waals surface area contributed by atoms with E-state index in [1.807, 2.05) is 0 Å². The van der Waals surface area contributed by atoms with Crippen LogP contribution in [-0.4, -0.2) is 32.7 Å². The minimum atomic E-state index is -0.651. The van der Waals surface area contributed by atoms with E-state index in [4.69, 9.17) is 4.74 Å². The largest absolute Gasteiger partial charge is 0.384 e. The van der Waals surface area contributed by atoms with Crippen LogP contribution in [0.2, 0.25) is 0 Å². The van der Waals surface area contributed by atoms with Crippen LogP contribution in [-0.2, 0) is 16.1 Å². The number of hydrogen-bond acceptors (Lipinski definition) is 3. The van der Waals surface area contributed by atoms with Crippen molar-refractivity contribution in [3.63, 3.8) is 0 Å². The van der Waals surface area contributed by atoms with Gasteiger partial charge in [-0.15, -0.1) is 12.4 Å². The lowest BCUT2D eigenvalue weighted by Crippen LogP contribution is -2.50. The molecule has 0 radical (unpaired) electrons. The van der Waals surface area contributed by atoms with Crippen LogP contribution in [0.1, 0.15) is 18.4 Å². The van der Waals surface area contributed by atoms with Crippen LogP contribution in [0, 0.1) is 17.0 Å². The van der Waals surface area contributed by atoms with Crippen molar-refractivity contribution in [1.29, 1.82) is 0 Å². The maximum Gasteiger partial charge on any atom is 0.228 e. The zero-order valence-electron chi connectivity index (χ0n) is 12.5. The highest BCUT2D eigenvalue weighted by Crippen LogP contribution is 2.29. The van der Waals surface area contributed by atoms with E-state index < -0.39 is 17.0 Å². The van der Waals surface area contributed by atoms with Crippen molar-refractivity contribution in [2.75, 3.05) is 26.8 Å². The molecule has 1 aliphatic rings. The molecule has 124 valence electrons. The fourth-order valence-corrected chi connectivity index (χ4v) is 2.65. The van der Waals surface area contributed by atoms with Crippen LogP contribution < -0.4 is 10.6 Å². The van der Waals surface area contributed by atoms with Crippen molar-refractivity contribution < 1.29 is 18.3 Å². The Kier molecular flexibility index (Phi) is 7.19. The molecule has 7 heteroatoms. The molecule has 2 rings (SSSR count). The van der Waals surface area contributed by atoms with E-state index in [1.54, 1.807) is 7.11 Å². The zero-order valence-corrected chi connectivity index (χ0v) is 13.3. The molecule has 0 saturated carbocycles. The van der Waals surface area contributed by atoms with Crippen LogP contribution in [0.15, 0.2) is 18.2 Å². The van der Waals surface area contributed by atoms with Gasteiger partial charge in [0.2, 0.25) is 5.91 Å². The molecule has 2 N–H and O–H groups in total. The fraction of sp³-hybridized carbons (Fsp3) is 0.533. The third-order valence-electron chi connectivity index (χ3n) is 3.92. The third-order valence-corrected chi connectivity index (χ3v) is 3.92. The van der Waals surface area contributed by atoms with Gasteiger partial charge >= 0.3 is 0 Å². The molecule has 0 aliphatic carbocycles. The number of piperidine rings is 1. The van der Waals surface area contributed by atoms with Gasteiger partial charge in [-0.2, -0.15) is 0 Å². The maximum absolute atomic E-state index is 13.6. The number of nitrogens with one attached hydrogen (secondary N) is 2. The summed E-state index contributed by atoms with van der Waals surface area (Å²) < 4.78 is 31.6. The molecule has 1 heterocycles. The van der Waals surface area contributed by atoms with E-state index in [1.165, 1.54) is 12.1 Å². The molecule has 1 saturated heterocycles. The van der Waals surface area contributed by atoms with Crippen molar-refractivity contribution in [3.05, 3.63) is 35.4 Å². The molecule has 4 nitrogen and oxygen atoms in total. The fourth-order valence-electron chi connectivity index (χ4n) is 2.65. The molecule has 0 unspecified atom stereocenters. The van der Waals surface area contributed by atoms with Crippen molar-refractivity contribution in [1.82, 2.24) is 10.6 Å². The first-order valence-electron chi connectivity index (χ1n) is 6.99. The standard InChI is InChI=1S/C15H20F2N2O2.ClH/c1-21-10-15(4-6-18-7-5-15)14(20)19-9-11-2-3-12(16)8-13(11)17;/h2-3,8,18H,4-7,9-10H2,1H3,(H,19,20);1H. The Bertz CT molecular complexity index is 503. The predicted molar refractivity (Wildman–Crippen MR) is 81.9 cm³/mol. The monoisotopic (exact) mass is 334 g/mol. The quantitative estimate of drug-likeness (QED) is 0.866. The summed E-state index contributed by atoms with van der Waals surface area (Å²) in [5.74, 6) is -1.42. The highest BCUT2D eigenvalue weighted by atomic mass is 35.5. The average Bonchev–Trinajstić information content (AvgIpc) is 2.47. The van der Waals surface area contributed by atoms with Gasteiger partial charge in [0, 0.05) is 25.3 Å². The van der Waals surface area contributed by atoms with Gasteiger partial charge in [0.25, 0.3) is 0 Å². The van der Waals surface area contributed by atoms with E-state index in [0.717, 1.165) is 19.2 Å². The van der Waals surface area contributed by atoms with Crippen molar-refractivity contribution in [2.45, 2.75) is 19.4 Å². The Labute approximate surface area is 135 Å². The van der Waals surface area contributed by atoms with Crippen LogP contribution in [0.5, 0.6) is 0 Å². The number of rotatable bonds is 5. The Balaban J connectivity index is 0.00000242. The van der Waals surface area contributed by atoms with Gasteiger partial charge in [0.1, 0.15) is 11.6 Å². The van der Waals surface area contributed by atoms with Crippen LogP contribution in [0.25, 0.3) is 0 Å². The molecular formula is C15H21ClF2N2O2. The summed E-state index contributed by atoms with van der Waals surface area (Å²) in [6.07, 6.45) is 1.36. The first kappa shape index (κ1) is 18.8. The lowest BCUT2D eigenvalue weighted by Gasteiger charge is -2.35. The number of methoxy groups -OCH3 is 1. The average molecular weight is 335 g/mol. The zero-order chi connectivity index (χ0) is 15.3. The van der Waals surface area contributed by atoms with Gasteiger partial charge in [0.05, 0.1) is 12.0 Å². The highest BCUT2D eigenvalue weighted by Gasteiger charge is 2.39. The molecule has 1 aliphatic heterocycles. The van der Waals surface area contributed by atoms with Gasteiger partial charge < -0.3 is 15.4 Å². The summed E-state index contributed by atoms with van der Waals surface area (Å²) in [6, 6.07) is 3.34. The number of amides is 1. The molecule has 0 aromatic heterocycles. The summed E-state index contributed by atoms with van der Waals surface area (Å²) in [6.45, 7) is 1.89. The second-order valence-electron chi connectivity index (χ2n) is 5.38. The predicted octanol–water partition coefficient (Wildman–Crippen LogP) is 2.02. The topological polar surface area (TPSA) is 50.4 Å². The minimum Gasteiger partial charge on any atom is -0.384 e. The van der Waals surface area contributed by atoms with E-state index in [-0.39, 0.29) is 30.4 Å². The van der Waals surface area contributed by atoms with E-state index in [0.29, 0.717) is 19.4 Å². The second kappa shape index (κ2) is 8.41. The molecule has 1 aromatic rings. The van der Waals surface area contributed by atoms with Crippen LogP contribution in [0.3, 0.4) is 0 Å². The number of carbonyl (C=O) groups excluding carboxylic acids is 1. The van der Waals surface area contributed by atoms with E-state index >= 15 is 0 Å². The molecule has 0 spiro atoms. The number of benzene rings is 1. The van der Waals surface area contributed by atoms with E-state index in [9.17, 15) is 13.6 Å². The van der Waals surface area contributed by atoms with Crippen molar-refractivity contribution in [2.24, 2.45) is 5.41 Å². The van der Waals surface area contributed by atoms with E-state index in [2.05, 4.69) is 10.6 Å². The Morgan fingerprint density at radius 3 is 2.64 bits per heavy atom. The Hall–Kier alpha value is -1.24. The maximum atomic E-state index is 13.6. The molecule has 1 fully saturated rings. The number of hydrogen-bond donors (Lipinski definition) is 2. The first-order valence-corrected chi connectivity index (χ1v) is 6.99. The van der Waals surface area contributed by atoms with Crippen LogP contribution in [0.4, 0.5) is 8.78 Å². The molecule has 1 aromatic carbocycles. The van der Waals surface area contributed by atoms with Crippen molar-refractivity contribution >= 4 is 18.3 Å². The second-order valence-corrected chi connectivity index (χ2v) is 5.38. The SMILES string of the molecule is COCC1(C(=O)NCc2ccc(F)cc2F)CCNCC1.Cl. The smallest absolute Gasteiger partial charge is 0.228 e. The molecule has 0 atom stereocenters. The normalized spacial score (nSPS) is 16.7. The summed E-state index contributed by atoms with van der Waals surface area (Å²) >= 11 is 0. The lowest BCUT2D eigenvalue weighted by atomic mass is 9.78. The highest BCUT2D eigenvalue weighted by molar-refractivity contribution is 5.85. The summed E-state index contributed by atoms with van der Waals surface area (Å²) in [5, 5.41) is 5.95. The first-order chi connectivity index (χ1) is 10.1. The van der Waals surface area contributed by atoms with Gasteiger partial charge in [0.15, 0.2) is 0 Å². The minimum absolute atomic E-state index is 0. The molecule has 22 heavy (non-hydrogen) atoms. The number of ether oxygens (including phenoxy) is 1. The Morgan fingerprint density at radius 2 is 2.05 bits per heavy atom. The third kappa shape index (κ3) is 4.38. The summed E-state index contributed by atoms with van der Waals surface area (Å²) in [7, 11) is 1.57. The van der Waals surface area contributed by atoms with Gasteiger partial charge in [-0.25, -0.2) is 8.78 Å².